The molecule has 1 amide bonds. The van der Waals surface area contributed by atoms with Crippen LogP contribution in [0, 0.1) is 0 Å². The summed E-state index contributed by atoms with van der Waals surface area (Å²) in [6, 6.07) is 10.9. The molecular weight excluding hydrogens is 388 g/mol. The highest BCUT2D eigenvalue weighted by molar-refractivity contribution is 5.91. The van der Waals surface area contributed by atoms with Crippen LogP contribution in [0.25, 0.3) is 0 Å². The zero-order valence-electron chi connectivity index (χ0n) is 15.9. The van der Waals surface area contributed by atoms with Crippen LogP contribution in [-0.2, 0) is 16.0 Å². The van der Waals surface area contributed by atoms with Gasteiger partial charge in [0.2, 0.25) is 0 Å². The summed E-state index contributed by atoms with van der Waals surface area (Å²) >= 11 is 0. The summed E-state index contributed by atoms with van der Waals surface area (Å²) in [5, 5.41) is 2.61. The largest absolute Gasteiger partial charge is 0.497 e. The number of carbonyl (C=O) groups is 2. The smallest absolute Gasteiger partial charge is 0.387 e. The zero-order valence-corrected chi connectivity index (χ0v) is 15.9. The van der Waals surface area contributed by atoms with Gasteiger partial charge in [0.1, 0.15) is 5.75 Å². The highest BCUT2D eigenvalue weighted by Crippen LogP contribution is 2.29. The van der Waals surface area contributed by atoms with Gasteiger partial charge >= 0.3 is 12.6 Å². The molecule has 0 aliphatic rings. The van der Waals surface area contributed by atoms with Gasteiger partial charge in [-0.05, 0) is 42.3 Å². The van der Waals surface area contributed by atoms with Crippen LogP contribution < -0.4 is 19.5 Å². The number of hydrogen-bond donors (Lipinski definition) is 1. The molecule has 9 heteroatoms. The third-order valence-corrected chi connectivity index (χ3v) is 3.82. The van der Waals surface area contributed by atoms with Gasteiger partial charge in [-0.15, -0.1) is 0 Å². The van der Waals surface area contributed by atoms with E-state index >= 15 is 0 Å². The quantitative estimate of drug-likeness (QED) is 0.608. The van der Waals surface area contributed by atoms with E-state index in [1.807, 2.05) is 0 Å². The lowest BCUT2D eigenvalue weighted by Crippen LogP contribution is -2.30. The molecule has 0 spiro atoms. The van der Waals surface area contributed by atoms with Crippen molar-refractivity contribution < 1.29 is 37.3 Å². The lowest BCUT2D eigenvalue weighted by molar-refractivity contribution is -0.124. The molecule has 0 atom stereocenters. The molecule has 0 aliphatic heterocycles. The second kappa shape index (κ2) is 10.8. The molecule has 0 unspecified atom stereocenters. The van der Waals surface area contributed by atoms with E-state index in [1.54, 1.807) is 30.3 Å². The molecule has 29 heavy (non-hydrogen) atoms. The number of carbonyl (C=O) groups excluding carboxylic acids is 2. The number of hydrogen-bond acceptors (Lipinski definition) is 6. The summed E-state index contributed by atoms with van der Waals surface area (Å²) in [5.74, 6) is -0.505. The van der Waals surface area contributed by atoms with Gasteiger partial charge in [-0.2, -0.15) is 8.78 Å². The van der Waals surface area contributed by atoms with Crippen LogP contribution in [0.15, 0.2) is 42.5 Å². The van der Waals surface area contributed by atoms with Crippen molar-refractivity contribution in [2.24, 2.45) is 0 Å². The monoisotopic (exact) mass is 409 g/mol. The molecule has 1 N–H and O–H groups in total. The van der Waals surface area contributed by atoms with Crippen LogP contribution in [-0.4, -0.2) is 45.9 Å². The van der Waals surface area contributed by atoms with Crippen molar-refractivity contribution in [2.45, 2.75) is 13.0 Å². The second-order valence-electron chi connectivity index (χ2n) is 5.77. The first-order chi connectivity index (χ1) is 13.9. The molecule has 156 valence electrons. The highest BCUT2D eigenvalue weighted by atomic mass is 19.3. The third kappa shape index (κ3) is 6.95. The van der Waals surface area contributed by atoms with E-state index in [0.717, 1.165) is 5.56 Å². The molecule has 7 nitrogen and oxygen atoms in total. The molecule has 0 saturated heterocycles. The van der Waals surface area contributed by atoms with E-state index in [4.69, 9.17) is 14.2 Å². The van der Waals surface area contributed by atoms with Crippen molar-refractivity contribution in [3.8, 4) is 17.2 Å². The predicted molar refractivity (Wildman–Crippen MR) is 99.6 cm³/mol. The van der Waals surface area contributed by atoms with Gasteiger partial charge in [0, 0.05) is 6.54 Å². The number of alkyl halides is 2. The number of esters is 1. The maximum Gasteiger partial charge on any atom is 0.387 e. The van der Waals surface area contributed by atoms with E-state index in [1.165, 1.54) is 26.4 Å². The second-order valence-corrected chi connectivity index (χ2v) is 5.77. The van der Waals surface area contributed by atoms with Crippen molar-refractivity contribution in [2.75, 3.05) is 27.4 Å². The minimum Gasteiger partial charge on any atom is -0.497 e. The Morgan fingerprint density at radius 2 is 1.83 bits per heavy atom. The lowest BCUT2D eigenvalue weighted by Gasteiger charge is -2.12. The molecule has 0 aliphatic carbocycles. The Labute approximate surface area is 166 Å². The number of methoxy groups -OCH3 is 2. The molecule has 0 bridgehead atoms. The molecular formula is C20H21F2NO6. The topological polar surface area (TPSA) is 83.1 Å². The van der Waals surface area contributed by atoms with Gasteiger partial charge in [0.05, 0.1) is 19.8 Å². The van der Waals surface area contributed by atoms with Crippen molar-refractivity contribution in [1.29, 1.82) is 0 Å². The number of ether oxygens (including phenoxy) is 4. The Morgan fingerprint density at radius 1 is 1.03 bits per heavy atom. The molecule has 2 aromatic rings. The fraction of sp³-hybridized carbons (Fsp3) is 0.300. The highest BCUT2D eigenvalue weighted by Gasteiger charge is 2.12. The SMILES string of the molecule is COc1cccc(C(=O)OCC(=O)NCCc2ccc(OC(F)F)c(OC)c2)c1. The molecule has 0 saturated carbocycles. The predicted octanol–water partition coefficient (Wildman–Crippen LogP) is 2.82. The fourth-order valence-corrected chi connectivity index (χ4v) is 2.42. The number of halogens is 2. The van der Waals surface area contributed by atoms with E-state index in [0.29, 0.717) is 12.2 Å². The first-order valence-electron chi connectivity index (χ1n) is 8.62. The number of nitrogens with one attached hydrogen (secondary N) is 1. The van der Waals surface area contributed by atoms with Gasteiger partial charge in [-0.1, -0.05) is 12.1 Å². The molecule has 2 aromatic carbocycles. The van der Waals surface area contributed by atoms with Crippen molar-refractivity contribution in [3.05, 3.63) is 53.6 Å². The van der Waals surface area contributed by atoms with Crippen LogP contribution in [0.2, 0.25) is 0 Å². The lowest BCUT2D eigenvalue weighted by atomic mass is 10.1. The fourth-order valence-electron chi connectivity index (χ4n) is 2.42. The summed E-state index contributed by atoms with van der Waals surface area (Å²) in [4.78, 5) is 23.8. The Bertz CT molecular complexity index is 843. The van der Waals surface area contributed by atoms with Crippen molar-refractivity contribution in [1.82, 2.24) is 5.32 Å². The van der Waals surface area contributed by atoms with Gasteiger partial charge in [-0.3, -0.25) is 4.79 Å². The van der Waals surface area contributed by atoms with Gasteiger partial charge in [-0.25, -0.2) is 4.79 Å². The maximum absolute atomic E-state index is 12.3. The van der Waals surface area contributed by atoms with Crippen LogP contribution in [0.4, 0.5) is 8.78 Å². The number of amides is 1. The molecule has 2 rings (SSSR count). The summed E-state index contributed by atoms with van der Waals surface area (Å²) in [7, 11) is 2.82. The van der Waals surface area contributed by atoms with Crippen LogP contribution >= 0.6 is 0 Å². The minimum atomic E-state index is -2.95. The van der Waals surface area contributed by atoms with Crippen molar-refractivity contribution >= 4 is 11.9 Å². The summed E-state index contributed by atoms with van der Waals surface area (Å²) < 4.78 is 44.0. The van der Waals surface area contributed by atoms with Gasteiger partial charge < -0.3 is 24.3 Å². The van der Waals surface area contributed by atoms with Crippen LogP contribution in [0.3, 0.4) is 0 Å². The molecule has 0 aromatic heterocycles. The number of rotatable bonds is 10. The first kappa shape index (κ1) is 21.9. The maximum atomic E-state index is 12.3. The van der Waals surface area contributed by atoms with Crippen LogP contribution in [0.1, 0.15) is 15.9 Å². The normalized spacial score (nSPS) is 10.4. The zero-order chi connectivity index (χ0) is 21.2. The Hall–Kier alpha value is -3.36. The van der Waals surface area contributed by atoms with Gasteiger partial charge in [0.15, 0.2) is 18.1 Å². The van der Waals surface area contributed by atoms with E-state index in [9.17, 15) is 18.4 Å². The average Bonchev–Trinajstić information content (AvgIpc) is 2.72. The van der Waals surface area contributed by atoms with E-state index in [2.05, 4.69) is 10.1 Å². The first-order valence-corrected chi connectivity index (χ1v) is 8.62. The molecule has 0 radical (unpaired) electrons. The third-order valence-electron chi connectivity index (χ3n) is 3.82. The van der Waals surface area contributed by atoms with E-state index < -0.39 is 25.1 Å². The molecule has 0 heterocycles. The summed E-state index contributed by atoms with van der Waals surface area (Å²) in [6.07, 6.45) is 0.418. The average molecular weight is 409 g/mol. The Balaban J connectivity index is 1.78. The van der Waals surface area contributed by atoms with Gasteiger partial charge in [0.25, 0.3) is 5.91 Å². The number of benzene rings is 2. The minimum absolute atomic E-state index is 0.0697. The molecule has 0 fully saturated rings. The Morgan fingerprint density at radius 3 is 2.52 bits per heavy atom. The Kier molecular flexibility index (Phi) is 8.20. The van der Waals surface area contributed by atoms with Crippen LogP contribution in [0.5, 0.6) is 17.2 Å². The van der Waals surface area contributed by atoms with E-state index in [-0.39, 0.29) is 23.6 Å². The summed E-state index contributed by atoms with van der Waals surface area (Å²) in [6.45, 7) is -3.12. The van der Waals surface area contributed by atoms with Crippen molar-refractivity contribution in [3.63, 3.8) is 0 Å². The summed E-state index contributed by atoms with van der Waals surface area (Å²) in [5.41, 5.74) is 1.02. The standard InChI is InChI=1S/C20H21F2NO6/c1-26-15-5-3-4-14(11-15)19(25)28-12-18(24)23-9-8-13-6-7-16(29-20(21)22)17(10-13)27-2/h3-7,10-11,20H,8-9,12H2,1-2H3,(H,23,24).